The van der Waals surface area contributed by atoms with Crippen LogP contribution in [-0.4, -0.2) is 23.6 Å². The zero-order valence-electron chi connectivity index (χ0n) is 11.8. The van der Waals surface area contributed by atoms with Gasteiger partial charge in [0.1, 0.15) is 0 Å². The lowest BCUT2D eigenvalue weighted by atomic mass is 10.2. The predicted molar refractivity (Wildman–Crippen MR) is 74.1 cm³/mol. The molecule has 0 atom stereocenters. The first-order valence-corrected chi connectivity index (χ1v) is 5.99. The second kappa shape index (κ2) is 6.10. The van der Waals surface area contributed by atoms with Gasteiger partial charge in [0.05, 0.1) is 11.4 Å². The molecular weight excluding hydrogens is 260 g/mol. The molecule has 0 saturated heterocycles. The van der Waals surface area contributed by atoms with Crippen molar-refractivity contribution >= 4 is 35.0 Å². The molecule has 0 unspecified atom stereocenters. The molecule has 0 aromatic heterocycles. The lowest BCUT2D eigenvalue weighted by Crippen LogP contribution is -2.38. The minimum absolute atomic E-state index is 0.206. The maximum atomic E-state index is 11.6. The fraction of sp³-hybridized carbons (Fsp3) is 0.286. The summed E-state index contributed by atoms with van der Waals surface area (Å²) in [5.41, 5.74) is 0.413. The Labute approximate surface area is 117 Å². The van der Waals surface area contributed by atoms with E-state index in [9.17, 15) is 19.2 Å². The van der Waals surface area contributed by atoms with Crippen LogP contribution in [0.1, 0.15) is 27.7 Å². The van der Waals surface area contributed by atoms with Gasteiger partial charge in [-0.2, -0.15) is 0 Å². The van der Waals surface area contributed by atoms with Crippen LogP contribution < -0.4 is 9.80 Å². The zero-order chi connectivity index (χ0) is 15.4. The number of benzene rings is 1. The number of rotatable bonds is 2. The first kappa shape index (κ1) is 15.6. The average Bonchev–Trinajstić information content (AvgIpc) is 2.29. The molecule has 0 saturated carbocycles. The van der Waals surface area contributed by atoms with Crippen LogP contribution in [0.25, 0.3) is 0 Å². The highest BCUT2D eigenvalue weighted by Crippen LogP contribution is 2.30. The minimum Gasteiger partial charge on any atom is -0.274 e. The summed E-state index contributed by atoms with van der Waals surface area (Å²) in [6.07, 6.45) is 0. The molecule has 0 aliphatic heterocycles. The summed E-state index contributed by atoms with van der Waals surface area (Å²) < 4.78 is 0. The largest absolute Gasteiger partial charge is 0.274 e. The normalized spacial score (nSPS) is 9.80. The van der Waals surface area contributed by atoms with Crippen molar-refractivity contribution in [2.24, 2.45) is 0 Å². The van der Waals surface area contributed by atoms with Gasteiger partial charge in [-0.3, -0.25) is 19.2 Å². The third-order valence-electron chi connectivity index (χ3n) is 2.62. The summed E-state index contributed by atoms with van der Waals surface area (Å²) in [5.74, 6) is -1.96. The van der Waals surface area contributed by atoms with Crippen molar-refractivity contribution in [3.05, 3.63) is 24.3 Å². The standard InChI is InChI=1S/C14H16N2O4/c1-9(17)15(10(2)18)13-7-5-6-8-14(13)16(11(3)19)12(4)20/h5-8H,1-4H3. The van der Waals surface area contributed by atoms with E-state index in [1.807, 2.05) is 0 Å². The fourth-order valence-electron chi connectivity index (χ4n) is 1.96. The maximum absolute atomic E-state index is 11.6. The Morgan fingerprint density at radius 3 is 1.10 bits per heavy atom. The van der Waals surface area contributed by atoms with Crippen LogP contribution in [0.15, 0.2) is 24.3 Å². The van der Waals surface area contributed by atoms with E-state index in [4.69, 9.17) is 0 Å². The van der Waals surface area contributed by atoms with Crippen LogP contribution >= 0.6 is 0 Å². The summed E-state index contributed by atoms with van der Waals surface area (Å²) in [5, 5.41) is 0. The van der Waals surface area contributed by atoms with E-state index in [0.717, 1.165) is 9.80 Å². The summed E-state index contributed by atoms with van der Waals surface area (Å²) in [6, 6.07) is 6.26. The lowest BCUT2D eigenvalue weighted by molar-refractivity contribution is -0.126. The SMILES string of the molecule is CC(=O)N(C(C)=O)c1ccccc1N(C(C)=O)C(C)=O. The molecule has 0 aliphatic rings. The third-order valence-corrected chi connectivity index (χ3v) is 2.62. The summed E-state index contributed by atoms with van der Waals surface area (Å²) in [6.45, 7) is 4.96. The van der Waals surface area contributed by atoms with Gasteiger partial charge in [-0.15, -0.1) is 0 Å². The number of para-hydroxylation sites is 2. The quantitative estimate of drug-likeness (QED) is 0.820. The van der Waals surface area contributed by atoms with Crippen LogP contribution in [0.5, 0.6) is 0 Å². The third kappa shape index (κ3) is 3.09. The Kier molecular flexibility index (Phi) is 4.74. The summed E-state index contributed by atoms with van der Waals surface area (Å²) in [4.78, 5) is 48.3. The first-order chi connectivity index (χ1) is 9.27. The van der Waals surface area contributed by atoms with E-state index in [-0.39, 0.29) is 11.4 Å². The number of amides is 4. The van der Waals surface area contributed by atoms with Gasteiger partial charge >= 0.3 is 0 Å². The van der Waals surface area contributed by atoms with Gasteiger partial charge in [-0.25, -0.2) is 9.80 Å². The van der Waals surface area contributed by atoms with E-state index < -0.39 is 23.6 Å². The number of hydrogen-bond donors (Lipinski definition) is 0. The van der Waals surface area contributed by atoms with Gasteiger partial charge in [-0.1, -0.05) is 12.1 Å². The lowest BCUT2D eigenvalue weighted by Gasteiger charge is -2.25. The molecule has 1 aromatic rings. The monoisotopic (exact) mass is 276 g/mol. The summed E-state index contributed by atoms with van der Waals surface area (Å²) >= 11 is 0. The molecule has 106 valence electrons. The van der Waals surface area contributed by atoms with E-state index in [2.05, 4.69) is 0 Å². The number of carbonyl (C=O) groups excluding carboxylic acids is 4. The highest BCUT2D eigenvalue weighted by atomic mass is 16.2. The van der Waals surface area contributed by atoms with Crippen molar-refractivity contribution in [3.63, 3.8) is 0 Å². The molecule has 0 heterocycles. The summed E-state index contributed by atoms with van der Waals surface area (Å²) in [7, 11) is 0. The Bertz CT molecular complexity index is 501. The van der Waals surface area contributed by atoms with Gasteiger partial charge < -0.3 is 0 Å². The van der Waals surface area contributed by atoms with E-state index >= 15 is 0 Å². The van der Waals surface area contributed by atoms with E-state index in [1.54, 1.807) is 12.1 Å². The van der Waals surface area contributed by atoms with Gasteiger partial charge in [-0.05, 0) is 12.1 Å². The molecule has 1 aromatic carbocycles. The molecule has 0 fully saturated rings. The molecule has 1 rings (SSSR count). The number of anilines is 2. The van der Waals surface area contributed by atoms with Crippen LogP contribution in [0.4, 0.5) is 11.4 Å². The molecule has 0 N–H and O–H groups in total. The number of carbonyl (C=O) groups is 4. The van der Waals surface area contributed by atoms with Crippen LogP contribution in [0.2, 0.25) is 0 Å². The fourth-order valence-corrected chi connectivity index (χ4v) is 1.96. The molecule has 6 nitrogen and oxygen atoms in total. The topological polar surface area (TPSA) is 74.8 Å². The maximum Gasteiger partial charge on any atom is 0.230 e. The van der Waals surface area contributed by atoms with Crippen molar-refractivity contribution in [3.8, 4) is 0 Å². The number of imide groups is 2. The van der Waals surface area contributed by atoms with Crippen molar-refractivity contribution in [1.29, 1.82) is 0 Å². The predicted octanol–water partition coefficient (Wildman–Crippen LogP) is 1.49. The molecule has 0 spiro atoms. The first-order valence-electron chi connectivity index (χ1n) is 5.99. The Hall–Kier alpha value is -2.50. The Morgan fingerprint density at radius 1 is 0.650 bits per heavy atom. The average molecular weight is 276 g/mol. The molecule has 4 amide bonds. The minimum atomic E-state index is -0.489. The van der Waals surface area contributed by atoms with Gasteiger partial charge in [0.15, 0.2) is 0 Å². The van der Waals surface area contributed by atoms with Gasteiger partial charge in [0.2, 0.25) is 23.6 Å². The molecule has 0 aliphatic carbocycles. The second-order valence-electron chi connectivity index (χ2n) is 4.24. The molecule has 0 radical (unpaired) electrons. The highest BCUT2D eigenvalue weighted by Gasteiger charge is 2.25. The van der Waals surface area contributed by atoms with E-state index in [0.29, 0.717) is 0 Å². The molecule has 20 heavy (non-hydrogen) atoms. The zero-order valence-corrected chi connectivity index (χ0v) is 11.8. The van der Waals surface area contributed by atoms with Gasteiger partial charge in [0.25, 0.3) is 0 Å². The number of nitrogens with zero attached hydrogens (tertiary/aromatic N) is 2. The Balaban J connectivity index is 3.50. The van der Waals surface area contributed by atoms with Crippen LogP contribution in [0, 0.1) is 0 Å². The molecule has 0 bridgehead atoms. The smallest absolute Gasteiger partial charge is 0.230 e. The van der Waals surface area contributed by atoms with Crippen molar-refractivity contribution in [2.45, 2.75) is 27.7 Å². The van der Waals surface area contributed by atoms with Crippen molar-refractivity contribution in [2.75, 3.05) is 9.80 Å². The van der Waals surface area contributed by atoms with Crippen molar-refractivity contribution in [1.82, 2.24) is 0 Å². The van der Waals surface area contributed by atoms with Crippen LogP contribution in [-0.2, 0) is 19.2 Å². The van der Waals surface area contributed by atoms with E-state index in [1.165, 1.54) is 39.8 Å². The second-order valence-corrected chi connectivity index (χ2v) is 4.24. The highest BCUT2D eigenvalue weighted by molar-refractivity contribution is 6.20. The Morgan fingerprint density at radius 2 is 0.900 bits per heavy atom. The molecular formula is C14H16N2O4. The molecule has 6 heteroatoms. The number of hydrogen-bond acceptors (Lipinski definition) is 4. The van der Waals surface area contributed by atoms with Gasteiger partial charge in [0, 0.05) is 27.7 Å². The van der Waals surface area contributed by atoms with Crippen LogP contribution in [0.3, 0.4) is 0 Å². The van der Waals surface area contributed by atoms with Crippen molar-refractivity contribution < 1.29 is 19.2 Å².